The van der Waals surface area contributed by atoms with Crippen LogP contribution in [0.1, 0.15) is 25.0 Å². The summed E-state index contributed by atoms with van der Waals surface area (Å²) in [5, 5.41) is 7.17. The third-order valence-corrected chi connectivity index (χ3v) is 7.97. The molecular formula is C39H35FN6O5. The minimum atomic E-state index is -0.706. The highest BCUT2D eigenvalue weighted by Crippen LogP contribution is 2.38. The normalized spacial score (nSPS) is 11.3. The van der Waals surface area contributed by atoms with E-state index in [1.54, 1.807) is 42.2 Å². The molecule has 0 spiro atoms. The van der Waals surface area contributed by atoms with Crippen LogP contribution in [0.3, 0.4) is 0 Å². The summed E-state index contributed by atoms with van der Waals surface area (Å²) in [5.74, 6) is -0.794. The number of carbonyl (C=O) groups is 3. The maximum absolute atomic E-state index is 13.5. The maximum atomic E-state index is 13.5. The Bertz CT molecular complexity index is 2230. The number of amides is 2. The van der Waals surface area contributed by atoms with Gasteiger partial charge in [-0.3, -0.25) is 14.4 Å². The van der Waals surface area contributed by atoms with E-state index in [1.165, 1.54) is 42.3 Å². The van der Waals surface area contributed by atoms with E-state index in [2.05, 4.69) is 15.4 Å². The Morgan fingerprint density at radius 2 is 1.71 bits per heavy atom. The summed E-state index contributed by atoms with van der Waals surface area (Å²) in [6.45, 7) is 3.41. The number of fused-ring (bicyclic) bond motifs is 1. The van der Waals surface area contributed by atoms with Crippen LogP contribution in [0.15, 0.2) is 122 Å². The second-order valence-corrected chi connectivity index (χ2v) is 11.8. The number of ether oxygens (including phenoxy) is 2. The van der Waals surface area contributed by atoms with Crippen molar-refractivity contribution in [3.05, 3.63) is 139 Å². The first-order valence-corrected chi connectivity index (χ1v) is 16.2. The van der Waals surface area contributed by atoms with Gasteiger partial charge in [-0.15, -0.1) is 0 Å². The molecule has 0 saturated heterocycles. The highest BCUT2D eigenvalue weighted by Gasteiger charge is 2.21. The van der Waals surface area contributed by atoms with E-state index < -0.39 is 17.5 Å². The number of nitrogens with zero attached hydrogens (tertiary/aromatic N) is 5. The van der Waals surface area contributed by atoms with Gasteiger partial charge in [0, 0.05) is 49.5 Å². The number of ketones is 1. The lowest BCUT2D eigenvalue weighted by Crippen LogP contribution is -2.30. The predicted octanol–water partition coefficient (Wildman–Crippen LogP) is 6.75. The molecule has 0 bridgehead atoms. The molecule has 3 aromatic heterocycles. The minimum absolute atomic E-state index is 0.0304. The van der Waals surface area contributed by atoms with Gasteiger partial charge >= 0.3 is 0 Å². The Labute approximate surface area is 293 Å². The Morgan fingerprint density at radius 3 is 2.41 bits per heavy atom. The molecule has 12 heteroatoms. The number of hydrogen-bond acceptors (Lipinski definition) is 7. The third-order valence-electron chi connectivity index (χ3n) is 7.97. The van der Waals surface area contributed by atoms with Crippen molar-refractivity contribution in [1.29, 1.82) is 0 Å². The third kappa shape index (κ3) is 8.36. The number of carbonyl (C=O) groups excluding carboxylic acids is 3. The molecular weight excluding hydrogens is 651 g/mol. The number of rotatable bonds is 13. The second kappa shape index (κ2) is 15.3. The first-order chi connectivity index (χ1) is 24.7. The summed E-state index contributed by atoms with van der Waals surface area (Å²) in [6.07, 6.45) is 8.37. The van der Waals surface area contributed by atoms with Gasteiger partial charge in [-0.25, -0.2) is 13.9 Å². The number of benzene rings is 3. The molecule has 0 radical (unpaired) electrons. The smallest absolute Gasteiger partial charge is 0.260 e. The zero-order valence-corrected chi connectivity index (χ0v) is 28.2. The quantitative estimate of drug-likeness (QED) is 0.0811. The summed E-state index contributed by atoms with van der Waals surface area (Å²) >= 11 is 0. The van der Waals surface area contributed by atoms with Crippen LogP contribution in [-0.4, -0.2) is 48.2 Å². The molecule has 3 aromatic carbocycles. The van der Waals surface area contributed by atoms with Crippen LogP contribution >= 0.6 is 0 Å². The van der Waals surface area contributed by atoms with Crippen LogP contribution in [-0.2, 0) is 34.5 Å². The van der Waals surface area contributed by atoms with Crippen LogP contribution in [0.4, 0.5) is 10.1 Å². The number of nitrogens with one attached hydrogen (secondary N) is 1. The number of imidazole rings is 1. The molecule has 0 unspecified atom stereocenters. The van der Waals surface area contributed by atoms with E-state index in [0.717, 1.165) is 16.8 Å². The van der Waals surface area contributed by atoms with Crippen LogP contribution in [0, 0.1) is 5.82 Å². The van der Waals surface area contributed by atoms with Crippen LogP contribution < -0.4 is 14.8 Å². The lowest BCUT2D eigenvalue weighted by molar-refractivity contribution is -0.127. The molecule has 51 heavy (non-hydrogen) atoms. The maximum Gasteiger partial charge on any atom is 0.260 e. The average Bonchev–Trinajstić information content (AvgIpc) is 3.79. The number of anilines is 1. The lowest BCUT2D eigenvalue weighted by atomic mass is 10.1. The lowest BCUT2D eigenvalue weighted by Gasteiger charge is -2.18. The van der Waals surface area contributed by atoms with Crippen molar-refractivity contribution in [1.82, 2.24) is 24.1 Å². The van der Waals surface area contributed by atoms with Gasteiger partial charge in [-0.2, -0.15) is 5.10 Å². The fourth-order valence-corrected chi connectivity index (χ4v) is 5.30. The molecule has 0 atom stereocenters. The summed E-state index contributed by atoms with van der Waals surface area (Å²) in [5.41, 5.74) is 3.88. The highest BCUT2D eigenvalue weighted by molar-refractivity contribution is 6.22. The monoisotopic (exact) mass is 686 g/mol. The van der Waals surface area contributed by atoms with Gasteiger partial charge < -0.3 is 24.3 Å². The SMILES string of the molecule is CCN(C=C(C(C)=O)C(=O)Nc1ccc(Oc2cc(-c3cn(C)cn3)cn3nccc23)c(OCc2ccccc2)c1)C(=O)Cc1ccc(F)cc1. The fourth-order valence-electron chi connectivity index (χ4n) is 5.30. The van der Waals surface area contributed by atoms with Crippen molar-refractivity contribution in [2.75, 3.05) is 11.9 Å². The number of pyridine rings is 1. The standard InChI is InChI=1S/C39H35FN6O5/c1-4-45(38(48)18-27-10-12-30(40)13-11-27)22-32(26(2)47)39(49)43-31-14-15-35(37(20-31)50-24-28-8-6-5-7-9-28)51-36-19-29(33-23-44(3)25-41-33)21-46-34(36)16-17-42-46/h5-17,19-23,25H,4,18,24H2,1-3H3,(H,43,49). The van der Waals surface area contributed by atoms with E-state index >= 15 is 0 Å². The van der Waals surface area contributed by atoms with Crippen LogP contribution in [0.2, 0.25) is 0 Å². The molecule has 0 fully saturated rings. The topological polar surface area (TPSA) is 120 Å². The Hall–Kier alpha value is -6.56. The van der Waals surface area contributed by atoms with Gasteiger partial charge in [0.25, 0.3) is 5.91 Å². The Morgan fingerprint density at radius 1 is 0.922 bits per heavy atom. The summed E-state index contributed by atoms with van der Waals surface area (Å²) in [6, 6.07) is 23.8. The molecule has 6 rings (SSSR count). The van der Waals surface area contributed by atoms with Gasteiger partial charge in [0.1, 0.15) is 17.9 Å². The molecule has 0 aliphatic rings. The van der Waals surface area contributed by atoms with E-state index in [4.69, 9.17) is 9.47 Å². The number of likely N-dealkylation sites (N-methyl/N-ethyl adjacent to an activating group) is 1. The molecule has 2 amide bonds. The van der Waals surface area contributed by atoms with Gasteiger partial charge in [-0.05, 0) is 61.4 Å². The van der Waals surface area contributed by atoms with E-state index in [9.17, 15) is 18.8 Å². The van der Waals surface area contributed by atoms with Gasteiger partial charge in [-0.1, -0.05) is 42.5 Å². The first-order valence-electron chi connectivity index (χ1n) is 16.2. The number of aryl methyl sites for hydroxylation is 1. The molecule has 1 N–H and O–H groups in total. The molecule has 11 nitrogen and oxygen atoms in total. The zero-order valence-electron chi connectivity index (χ0n) is 28.2. The van der Waals surface area contributed by atoms with E-state index in [-0.39, 0.29) is 31.1 Å². The molecule has 3 heterocycles. The second-order valence-electron chi connectivity index (χ2n) is 11.8. The molecule has 0 aliphatic heterocycles. The molecule has 6 aromatic rings. The number of halogens is 1. The van der Waals surface area contributed by atoms with Gasteiger partial charge in [0.2, 0.25) is 5.91 Å². The minimum Gasteiger partial charge on any atom is -0.485 e. The molecule has 0 aliphatic carbocycles. The average molecular weight is 687 g/mol. The Balaban J connectivity index is 1.28. The van der Waals surface area contributed by atoms with Crippen molar-refractivity contribution in [2.45, 2.75) is 26.9 Å². The molecule has 258 valence electrons. The van der Waals surface area contributed by atoms with Gasteiger partial charge in [0.05, 0.1) is 30.2 Å². The number of hydrogen-bond donors (Lipinski definition) is 1. The van der Waals surface area contributed by atoms with Crippen molar-refractivity contribution < 1.29 is 28.2 Å². The Kier molecular flexibility index (Phi) is 10.3. The van der Waals surface area contributed by atoms with Crippen molar-refractivity contribution in [3.8, 4) is 28.5 Å². The van der Waals surface area contributed by atoms with Crippen LogP contribution in [0.25, 0.3) is 16.8 Å². The van der Waals surface area contributed by atoms with E-state index in [1.807, 2.05) is 66.5 Å². The van der Waals surface area contributed by atoms with Crippen LogP contribution in [0.5, 0.6) is 17.2 Å². The fraction of sp³-hybridized carbons (Fsp3) is 0.154. The molecule has 0 saturated carbocycles. The summed E-state index contributed by atoms with van der Waals surface area (Å²) in [4.78, 5) is 45.0. The first kappa shape index (κ1) is 34.3. The number of aromatic nitrogens is 4. The summed E-state index contributed by atoms with van der Waals surface area (Å²) in [7, 11) is 1.89. The highest BCUT2D eigenvalue weighted by atomic mass is 19.1. The van der Waals surface area contributed by atoms with Gasteiger partial charge in [0.15, 0.2) is 23.0 Å². The van der Waals surface area contributed by atoms with Crippen molar-refractivity contribution >= 4 is 28.8 Å². The predicted molar refractivity (Wildman–Crippen MR) is 190 cm³/mol. The summed E-state index contributed by atoms with van der Waals surface area (Å²) < 4.78 is 29.6. The number of Topliss-reactive ketones (excluding diaryl/α,β-unsaturated/α-hetero) is 1. The van der Waals surface area contributed by atoms with Crippen molar-refractivity contribution in [2.24, 2.45) is 7.05 Å². The van der Waals surface area contributed by atoms with E-state index in [0.29, 0.717) is 34.0 Å². The largest absolute Gasteiger partial charge is 0.485 e. The zero-order chi connectivity index (χ0) is 35.9. The van der Waals surface area contributed by atoms with Crippen molar-refractivity contribution in [3.63, 3.8) is 0 Å².